The van der Waals surface area contributed by atoms with Crippen LogP contribution in [0.15, 0.2) is 41.8 Å². The van der Waals surface area contributed by atoms with Crippen molar-refractivity contribution in [1.29, 1.82) is 0 Å². The van der Waals surface area contributed by atoms with Crippen LogP contribution in [-0.4, -0.2) is 34.5 Å². The van der Waals surface area contributed by atoms with Crippen LogP contribution in [0.25, 0.3) is 11.1 Å². The summed E-state index contributed by atoms with van der Waals surface area (Å²) >= 11 is 1.37. The summed E-state index contributed by atoms with van der Waals surface area (Å²) in [5, 5.41) is 10.9. The molecule has 1 amide bonds. The van der Waals surface area contributed by atoms with E-state index in [1.165, 1.54) is 16.2 Å². The highest BCUT2D eigenvalue weighted by atomic mass is 32.1. The topological polar surface area (TPSA) is 57.6 Å². The van der Waals surface area contributed by atoms with Gasteiger partial charge in [-0.25, -0.2) is 0 Å². The van der Waals surface area contributed by atoms with Crippen molar-refractivity contribution in [3.8, 4) is 11.1 Å². The molecule has 0 bridgehead atoms. The molecule has 1 aromatic heterocycles. The van der Waals surface area contributed by atoms with E-state index in [1.807, 2.05) is 41.8 Å². The summed E-state index contributed by atoms with van der Waals surface area (Å²) in [6.45, 7) is -0.227. The molecule has 0 unspecified atom stereocenters. The van der Waals surface area contributed by atoms with Gasteiger partial charge in [0.1, 0.15) is 6.54 Å². The van der Waals surface area contributed by atoms with Gasteiger partial charge in [0.25, 0.3) is 5.91 Å². The predicted octanol–water partition coefficient (Wildman–Crippen LogP) is 3.10. The lowest BCUT2D eigenvalue weighted by Crippen LogP contribution is -2.37. The van der Waals surface area contributed by atoms with Crippen LogP contribution in [0.2, 0.25) is 0 Å². The fraction of sp³-hybridized carbons (Fsp3) is 0.250. The minimum Gasteiger partial charge on any atom is -0.480 e. The standard InChI is InChI=1S/C16H15NO3S/c18-14(19)10-17(12-6-7-12)16(20)15-13(8-9-21-15)11-4-2-1-3-5-11/h1-5,8-9,12H,6-7,10H2,(H,18,19). The lowest BCUT2D eigenvalue weighted by atomic mass is 10.1. The maximum Gasteiger partial charge on any atom is 0.323 e. The lowest BCUT2D eigenvalue weighted by molar-refractivity contribution is -0.137. The quantitative estimate of drug-likeness (QED) is 0.923. The Labute approximate surface area is 126 Å². The number of carbonyl (C=O) groups excluding carboxylic acids is 1. The van der Waals surface area contributed by atoms with Crippen molar-refractivity contribution >= 4 is 23.2 Å². The molecule has 0 spiro atoms. The molecule has 1 aliphatic carbocycles. The molecule has 0 saturated heterocycles. The van der Waals surface area contributed by atoms with Crippen molar-refractivity contribution in [2.45, 2.75) is 18.9 Å². The number of nitrogens with zero attached hydrogens (tertiary/aromatic N) is 1. The predicted molar refractivity (Wildman–Crippen MR) is 81.4 cm³/mol. The second-order valence-corrected chi connectivity index (χ2v) is 6.00. The van der Waals surface area contributed by atoms with Crippen molar-refractivity contribution in [1.82, 2.24) is 4.90 Å². The number of carbonyl (C=O) groups is 2. The van der Waals surface area contributed by atoms with E-state index in [4.69, 9.17) is 5.11 Å². The van der Waals surface area contributed by atoms with Crippen LogP contribution in [0.4, 0.5) is 0 Å². The number of aliphatic carboxylic acids is 1. The molecule has 0 atom stereocenters. The van der Waals surface area contributed by atoms with Crippen LogP contribution in [0.5, 0.6) is 0 Å². The number of rotatable bonds is 5. The van der Waals surface area contributed by atoms with Gasteiger partial charge in [0.15, 0.2) is 0 Å². The number of thiophene rings is 1. The highest BCUT2D eigenvalue weighted by Crippen LogP contribution is 2.33. The van der Waals surface area contributed by atoms with Crippen LogP contribution in [-0.2, 0) is 4.79 Å². The zero-order valence-electron chi connectivity index (χ0n) is 11.4. The summed E-state index contributed by atoms with van der Waals surface area (Å²) in [5.41, 5.74) is 1.86. The van der Waals surface area contributed by atoms with Crippen LogP contribution in [0.1, 0.15) is 22.5 Å². The lowest BCUT2D eigenvalue weighted by Gasteiger charge is -2.20. The van der Waals surface area contributed by atoms with E-state index in [0.29, 0.717) is 4.88 Å². The molecule has 1 heterocycles. The normalized spacial score (nSPS) is 13.9. The van der Waals surface area contributed by atoms with Gasteiger partial charge in [0.2, 0.25) is 0 Å². The molecule has 1 aromatic carbocycles. The Hall–Kier alpha value is -2.14. The molecular weight excluding hydrogens is 286 g/mol. The molecule has 21 heavy (non-hydrogen) atoms. The number of benzene rings is 1. The van der Waals surface area contributed by atoms with Crippen LogP contribution < -0.4 is 0 Å². The first-order valence-electron chi connectivity index (χ1n) is 6.82. The third-order valence-electron chi connectivity index (χ3n) is 3.50. The molecule has 2 aromatic rings. The summed E-state index contributed by atoms with van der Waals surface area (Å²) in [6.07, 6.45) is 1.79. The molecule has 1 fully saturated rings. The van der Waals surface area contributed by atoms with Crippen molar-refractivity contribution in [2.24, 2.45) is 0 Å². The smallest absolute Gasteiger partial charge is 0.323 e. The molecule has 1 N–H and O–H groups in total. The zero-order valence-corrected chi connectivity index (χ0v) is 12.2. The van der Waals surface area contributed by atoms with E-state index < -0.39 is 5.97 Å². The maximum absolute atomic E-state index is 12.7. The Morgan fingerprint density at radius 3 is 2.52 bits per heavy atom. The Balaban J connectivity index is 1.91. The first kappa shape index (κ1) is 13.8. The van der Waals surface area contributed by atoms with E-state index in [-0.39, 0.29) is 18.5 Å². The van der Waals surface area contributed by atoms with Gasteiger partial charge in [0, 0.05) is 11.6 Å². The Morgan fingerprint density at radius 1 is 1.19 bits per heavy atom. The summed E-state index contributed by atoms with van der Waals surface area (Å²) < 4.78 is 0. The van der Waals surface area contributed by atoms with Gasteiger partial charge >= 0.3 is 5.97 Å². The van der Waals surface area contributed by atoms with E-state index >= 15 is 0 Å². The summed E-state index contributed by atoms with van der Waals surface area (Å²) in [6, 6.07) is 11.7. The summed E-state index contributed by atoms with van der Waals surface area (Å²) in [5.74, 6) is -1.14. The first-order valence-corrected chi connectivity index (χ1v) is 7.70. The Morgan fingerprint density at radius 2 is 1.90 bits per heavy atom. The minimum atomic E-state index is -0.965. The molecule has 3 rings (SSSR count). The van der Waals surface area contributed by atoms with Crippen molar-refractivity contribution < 1.29 is 14.7 Å². The van der Waals surface area contributed by atoms with Crippen molar-refractivity contribution in [3.63, 3.8) is 0 Å². The van der Waals surface area contributed by atoms with Crippen LogP contribution in [0, 0.1) is 0 Å². The zero-order chi connectivity index (χ0) is 14.8. The average molecular weight is 301 g/mol. The number of carboxylic acid groups (broad SMARTS) is 1. The van der Waals surface area contributed by atoms with Gasteiger partial charge in [-0.2, -0.15) is 0 Å². The van der Waals surface area contributed by atoms with Crippen molar-refractivity contribution in [3.05, 3.63) is 46.7 Å². The van der Waals surface area contributed by atoms with Gasteiger partial charge in [-0.1, -0.05) is 30.3 Å². The van der Waals surface area contributed by atoms with Gasteiger partial charge < -0.3 is 10.0 Å². The largest absolute Gasteiger partial charge is 0.480 e. The van der Waals surface area contributed by atoms with Gasteiger partial charge in [-0.05, 0) is 29.9 Å². The van der Waals surface area contributed by atoms with Gasteiger partial charge in [-0.15, -0.1) is 11.3 Å². The molecule has 0 aliphatic heterocycles. The number of hydrogen-bond donors (Lipinski definition) is 1. The monoisotopic (exact) mass is 301 g/mol. The highest BCUT2D eigenvalue weighted by Gasteiger charge is 2.35. The van der Waals surface area contributed by atoms with Crippen LogP contribution in [0.3, 0.4) is 0 Å². The molecule has 1 aliphatic rings. The van der Waals surface area contributed by atoms with E-state index in [1.54, 1.807) is 0 Å². The first-order chi connectivity index (χ1) is 10.2. The fourth-order valence-electron chi connectivity index (χ4n) is 2.35. The van der Waals surface area contributed by atoms with Gasteiger partial charge in [0.05, 0.1) is 4.88 Å². The second-order valence-electron chi connectivity index (χ2n) is 5.09. The maximum atomic E-state index is 12.7. The fourth-order valence-corrected chi connectivity index (χ4v) is 3.22. The molecule has 5 heteroatoms. The second kappa shape index (κ2) is 5.69. The van der Waals surface area contributed by atoms with E-state index in [2.05, 4.69) is 0 Å². The molecule has 108 valence electrons. The Kier molecular flexibility index (Phi) is 3.75. The highest BCUT2D eigenvalue weighted by molar-refractivity contribution is 7.12. The minimum absolute atomic E-state index is 0.0827. The molecule has 0 radical (unpaired) electrons. The number of carboxylic acids is 1. The Bertz CT molecular complexity index is 661. The summed E-state index contributed by atoms with van der Waals surface area (Å²) in [7, 11) is 0. The molecule has 1 saturated carbocycles. The van der Waals surface area contributed by atoms with Crippen molar-refractivity contribution in [2.75, 3.05) is 6.54 Å². The number of hydrogen-bond acceptors (Lipinski definition) is 3. The van der Waals surface area contributed by atoms with Crippen LogP contribution >= 0.6 is 11.3 Å². The van der Waals surface area contributed by atoms with Gasteiger partial charge in [-0.3, -0.25) is 9.59 Å². The SMILES string of the molecule is O=C(O)CN(C(=O)c1sccc1-c1ccccc1)C1CC1. The third kappa shape index (κ3) is 2.97. The summed E-state index contributed by atoms with van der Waals surface area (Å²) in [4.78, 5) is 25.8. The molecule has 4 nitrogen and oxygen atoms in total. The third-order valence-corrected chi connectivity index (χ3v) is 4.40. The average Bonchev–Trinajstić information content (AvgIpc) is 3.21. The van der Waals surface area contributed by atoms with E-state index in [0.717, 1.165) is 24.0 Å². The molecular formula is C16H15NO3S. The van der Waals surface area contributed by atoms with E-state index in [9.17, 15) is 9.59 Å². The number of amides is 1.